The average molecular weight is 325 g/mol. The van der Waals surface area contributed by atoms with E-state index in [4.69, 9.17) is 20.9 Å². The number of hydrogen-bond donors (Lipinski definition) is 1. The molecule has 1 rings (SSSR count). The van der Waals surface area contributed by atoms with Crippen molar-refractivity contribution >= 4 is 40.1 Å². The molecule has 0 fully saturated rings. The maximum atomic E-state index is 9.51. The van der Waals surface area contributed by atoms with Crippen LogP contribution in [-0.4, -0.2) is 28.8 Å². The van der Waals surface area contributed by atoms with E-state index < -0.39 is 6.72 Å². The molecule has 0 aliphatic rings. The quantitative estimate of drug-likeness (QED) is 0.424. The summed E-state index contributed by atoms with van der Waals surface area (Å²) >= 11 is 4.80. The lowest BCUT2D eigenvalue weighted by molar-refractivity contribution is 0.205. The van der Waals surface area contributed by atoms with E-state index in [2.05, 4.69) is 4.98 Å². The second-order valence-electron chi connectivity index (χ2n) is 3.15. The first-order valence-electron chi connectivity index (χ1n) is 5.46. The SMILES string of the molecule is CCOP(O)(=S)OCCCSSc1ccccn1. The smallest absolute Gasteiger partial charge is 0.324 e. The number of nitrogens with zero attached hydrogens (tertiary/aromatic N) is 1. The first kappa shape index (κ1) is 16.4. The molecule has 0 saturated carbocycles. The van der Waals surface area contributed by atoms with E-state index in [1.54, 1.807) is 34.7 Å². The molecule has 1 aromatic rings. The Morgan fingerprint density at radius 2 is 2.28 bits per heavy atom. The van der Waals surface area contributed by atoms with Crippen LogP contribution in [0, 0.1) is 0 Å². The van der Waals surface area contributed by atoms with Gasteiger partial charge in [0, 0.05) is 11.9 Å². The summed E-state index contributed by atoms with van der Waals surface area (Å²) in [7, 11) is 3.33. The maximum Gasteiger partial charge on any atom is 0.324 e. The third-order valence-electron chi connectivity index (χ3n) is 1.70. The van der Waals surface area contributed by atoms with Crippen LogP contribution in [0.3, 0.4) is 0 Å². The fourth-order valence-electron chi connectivity index (χ4n) is 0.997. The van der Waals surface area contributed by atoms with Gasteiger partial charge in [-0.05, 0) is 48.1 Å². The molecule has 1 aromatic heterocycles. The van der Waals surface area contributed by atoms with Gasteiger partial charge >= 0.3 is 6.72 Å². The molecule has 1 heterocycles. The van der Waals surface area contributed by atoms with Gasteiger partial charge in [-0.3, -0.25) is 0 Å². The summed E-state index contributed by atoms with van der Waals surface area (Å²) in [5.74, 6) is 0.905. The van der Waals surface area contributed by atoms with Gasteiger partial charge in [-0.2, -0.15) is 0 Å². The highest BCUT2D eigenvalue weighted by Gasteiger charge is 2.12. The Hall–Kier alpha value is 0.380. The minimum absolute atomic E-state index is 0.373. The first-order valence-corrected chi connectivity index (χ1v) is 10.4. The molecule has 0 amide bonds. The Kier molecular flexibility index (Phi) is 8.50. The number of pyridine rings is 1. The van der Waals surface area contributed by atoms with Crippen LogP contribution in [-0.2, 0) is 20.9 Å². The molecule has 0 spiro atoms. The second kappa shape index (κ2) is 9.31. The summed E-state index contributed by atoms with van der Waals surface area (Å²) in [6.07, 6.45) is 2.59. The standard InChI is InChI=1S/C10H16NO3PS3/c1-2-13-15(12,16)14-8-5-9-17-18-10-6-3-4-7-11-10/h3-4,6-7H,2,5,8-9H2,1H3,(H,12,16). The van der Waals surface area contributed by atoms with Crippen LogP contribution in [0.1, 0.15) is 13.3 Å². The molecule has 0 saturated heterocycles. The van der Waals surface area contributed by atoms with Gasteiger partial charge in [-0.1, -0.05) is 16.9 Å². The Balaban J connectivity index is 2.04. The van der Waals surface area contributed by atoms with Crippen molar-refractivity contribution in [3.05, 3.63) is 24.4 Å². The summed E-state index contributed by atoms with van der Waals surface area (Å²) in [5.41, 5.74) is 0. The second-order valence-corrected chi connectivity index (χ2v) is 8.42. The predicted octanol–water partition coefficient (Wildman–Crippen LogP) is 3.48. The van der Waals surface area contributed by atoms with Gasteiger partial charge in [-0.25, -0.2) is 4.98 Å². The number of hydrogen-bond acceptors (Lipinski definition) is 6. The molecule has 1 unspecified atom stereocenters. The lowest BCUT2D eigenvalue weighted by Gasteiger charge is -2.13. The fraction of sp³-hybridized carbons (Fsp3) is 0.500. The van der Waals surface area contributed by atoms with Crippen LogP contribution in [0.25, 0.3) is 0 Å². The Morgan fingerprint density at radius 3 is 2.94 bits per heavy atom. The van der Waals surface area contributed by atoms with Crippen molar-refractivity contribution in [3.8, 4) is 0 Å². The molecule has 18 heavy (non-hydrogen) atoms. The predicted molar refractivity (Wildman–Crippen MR) is 81.3 cm³/mol. The number of rotatable bonds is 9. The van der Waals surface area contributed by atoms with Gasteiger partial charge in [-0.15, -0.1) is 0 Å². The third-order valence-corrected chi connectivity index (χ3v) is 5.78. The molecular weight excluding hydrogens is 309 g/mol. The molecule has 8 heteroatoms. The largest absolute Gasteiger partial charge is 0.324 e. The van der Waals surface area contributed by atoms with E-state index in [1.807, 2.05) is 18.2 Å². The lowest BCUT2D eigenvalue weighted by atomic mass is 10.5. The van der Waals surface area contributed by atoms with Crippen molar-refractivity contribution in [2.45, 2.75) is 18.4 Å². The van der Waals surface area contributed by atoms with Crippen molar-refractivity contribution in [1.29, 1.82) is 0 Å². The van der Waals surface area contributed by atoms with Crippen LogP contribution in [0.2, 0.25) is 0 Å². The zero-order chi connectivity index (χ0) is 13.3. The van der Waals surface area contributed by atoms with E-state index in [9.17, 15) is 4.89 Å². The Labute approximate surface area is 121 Å². The number of aromatic nitrogens is 1. The van der Waals surface area contributed by atoms with E-state index in [1.165, 1.54) is 0 Å². The van der Waals surface area contributed by atoms with Crippen molar-refractivity contribution in [1.82, 2.24) is 4.98 Å². The van der Waals surface area contributed by atoms with Crippen LogP contribution >= 0.6 is 28.3 Å². The topological polar surface area (TPSA) is 51.6 Å². The van der Waals surface area contributed by atoms with E-state index >= 15 is 0 Å². The van der Waals surface area contributed by atoms with Gasteiger partial charge in [0.15, 0.2) is 0 Å². The molecule has 4 nitrogen and oxygen atoms in total. The summed E-state index contributed by atoms with van der Waals surface area (Å²) in [6.45, 7) is -0.423. The molecule has 0 radical (unpaired) electrons. The highest BCUT2D eigenvalue weighted by atomic mass is 33.1. The normalized spacial score (nSPS) is 14.3. The molecule has 0 aliphatic carbocycles. The van der Waals surface area contributed by atoms with Crippen LogP contribution in [0.4, 0.5) is 0 Å². The van der Waals surface area contributed by atoms with Gasteiger partial charge in [0.25, 0.3) is 0 Å². The van der Waals surface area contributed by atoms with Crippen molar-refractivity contribution in [2.75, 3.05) is 19.0 Å². The average Bonchev–Trinajstić information content (AvgIpc) is 2.35. The van der Waals surface area contributed by atoms with Crippen LogP contribution in [0.5, 0.6) is 0 Å². The maximum absolute atomic E-state index is 9.51. The molecule has 0 aromatic carbocycles. The summed E-state index contributed by atoms with van der Waals surface area (Å²) < 4.78 is 10.1. The van der Waals surface area contributed by atoms with E-state index in [-0.39, 0.29) is 0 Å². The van der Waals surface area contributed by atoms with Crippen LogP contribution in [0.15, 0.2) is 29.4 Å². The molecule has 0 bridgehead atoms. The fourth-order valence-corrected chi connectivity index (χ4v) is 4.24. The minimum atomic E-state index is -2.99. The molecule has 0 aliphatic heterocycles. The molecule has 1 atom stereocenters. The minimum Gasteiger partial charge on any atom is -0.324 e. The summed E-state index contributed by atoms with van der Waals surface area (Å²) in [4.78, 5) is 13.7. The Morgan fingerprint density at radius 1 is 1.44 bits per heavy atom. The monoisotopic (exact) mass is 325 g/mol. The Bertz CT molecular complexity index is 380. The zero-order valence-electron chi connectivity index (χ0n) is 10.0. The van der Waals surface area contributed by atoms with Crippen molar-refractivity contribution in [2.24, 2.45) is 0 Å². The molecule has 1 N–H and O–H groups in total. The summed E-state index contributed by atoms with van der Waals surface area (Å²) in [5, 5.41) is 0.991. The lowest BCUT2D eigenvalue weighted by Crippen LogP contribution is -1.97. The van der Waals surface area contributed by atoms with Gasteiger partial charge in [0.1, 0.15) is 5.03 Å². The van der Waals surface area contributed by atoms with Crippen molar-refractivity contribution in [3.63, 3.8) is 0 Å². The van der Waals surface area contributed by atoms with Crippen molar-refractivity contribution < 1.29 is 13.9 Å². The third kappa shape index (κ3) is 7.74. The summed E-state index contributed by atoms with van der Waals surface area (Å²) in [6, 6.07) is 5.82. The van der Waals surface area contributed by atoms with Gasteiger partial charge < -0.3 is 13.9 Å². The molecular formula is C10H16NO3PS3. The highest BCUT2D eigenvalue weighted by molar-refractivity contribution is 8.76. The van der Waals surface area contributed by atoms with Crippen LogP contribution < -0.4 is 0 Å². The first-order chi connectivity index (χ1) is 8.64. The zero-order valence-corrected chi connectivity index (χ0v) is 13.4. The van der Waals surface area contributed by atoms with E-state index in [0.29, 0.717) is 13.2 Å². The van der Waals surface area contributed by atoms with E-state index in [0.717, 1.165) is 17.2 Å². The molecule has 102 valence electrons. The van der Waals surface area contributed by atoms with Gasteiger partial charge in [0.05, 0.1) is 13.2 Å². The highest BCUT2D eigenvalue weighted by Crippen LogP contribution is 2.43. The van der Waals surface area contributed by atoms with Gasteiger partial charge in [0.2, 0.25) is 0 Å².